The van der Waals surface area contributed by atoms with E-state index in [1.165, 1.54) is 30.2 Å². The zero-order chi connectivity index (χ0) is 12.1. The van der Waals surface area contributed by atoms with Crippen LogP contribution in [0.1, 0.15) is 31.3 Å². The van der Waals surface area contributed by atoms with Crippen molar-refractivity contribution >= 4 is 11.8 Å². The monoisotopic (exact) mass is 253 g/mol. The third-order valence-corrected chi connectivity index (χ3v) is 4.20. The van der Waals surface area contributed by atoms with E-state index in [0.29, 0.717) is 6.04 Å². The lowest BCUT2D eigenvalue weighted by Gasteiger charge is -2.24. The van der Waals surface area contributed by atoms with E-state index in [0.717, 1.165) is 25.2 Å². The number of aryl methyl sites for hydroxylation is 2. The minimum Gasteiger partial charge on any atom is -0.333 e. The third kappa shape index (κ3) is 3.75. The van der Waals surface area contributed by atoms with Crippen LogP contribution in [0.25, 0.3) is 0 Å². The molecule has 0 saturated heterocycles. The zero-order valence-electron chi connectivity index (χ0n) is 10.9. The van der Waals surface area contributed by atoms with E-state index in [-0.39, 0.29) is 0 Å². The molecule has 0 amide bonds. The number of rotatable bonds is 6. The summed E-state index contributed by atoms with van der Waals surface area (Å²) >= 11 is 2.03. The van der Waals surface area contributed by atoms with Crippen LogP contribution in [0.15, 0.2) is 6.20 Å². The van der Waals surface area contributed by atoms with Gasteiger partial charge in [-0.25, -0.2) is 4.98 Å². The summed E-state index contributed by atoms with van der Waals surface area (Å²) in [5.41, 5.74) is 1.15. The molecule has 0 aromatic carbocycles. The minimum absolute atomic E-state index is 0.641. The van der Waals surface area contributed by atoms with Gasteiger partial charge < -0.3 is 9.88 Å². The second-order valence-corrected chi connectivity index (χ2v) is 6.08. The van der Waals surface area contributed by atoms with Gasteiger partial charge in [-0.1, -0.05) is 6.92 Å². The van der Waals surface area contributed by atoms with E-state index < -0.39 is 0 Å². The Balaban J connectivity index is 1.71. The Morgan fingerprint density at radius 2 is 2.47 bits per heavy atom. The van der Waals surface area contributed by atoms with E-state index >= 15 is 0 Å². The fraction of sp³-hybridized carbons (Fsp3) is 0.769. The molecule has 0 radical (unpaired) electrons. The molecule has 1 atom stereocenters. The number of aromatic nitrogens is 2. The van der Waals surface area contributed by atoms with Crippen LogP contribution < -0.4 is 5.32 Å². The Bertz CT molecular complexity index is 348. The number of hydrogen-bond acceptors (Lipinski definition) is 3. The molecule has 0 saturated carbocycles. The number of nitrogens with one attached hydrogen (secondary N) is 1. The molecule has 1 unspecified atom stereocenters. The Hall–Kier alpha value is -0.480. The van der Waals surface area contributed by atoms with E-state index in [1.807, 2.05) is 11.8 Å². The lowest BCUT2D eigenvalue weighted by Crippen LogP contribution is -2.37. The van der Waals surface area contributed by atoms with Crippen LogP contribution in [0.2, 0.25) is 0 Å². The molecule has 0 bridgehead atoms. The summed E-state index contributed by atoms with van der Waals surface area (Å²) in [5, 5.41) is 3.67. The van der Waals surface area contributed by atoms with E-state index in [4.69, 9.17) is 0 Å². The quantitative estimate of drug-likeness (QED) is 0.789. The van der Waals surface area contributed by atoms with Crippen LogP contribution in [0.4, 0.5) is 0 Å². The second-order valence-electron chi connectivity index (χ2n) is 4.69. The Kier molecular flexibility index (Phi) is 4.92. The Labute approximate surface area is 108 Å². The van der Waals surface area contributed by atoms with Gasteiger partial charge in [0, 0.05) is 25.2 Å². The Morgan fingerprint density at radius 1 is 1.59 bits per heavy atom. The summed E-state index contributed by atoms with van der Waals surface area (Å²) in [6, 6.07) is 0.641. The maximum atomic E-state index is 4.54. The van der Waals surface area contributed by atoms with Gasteiger partial charge in [0.1, 0.15) is 5.82 Å². The molecule has 17 heavy (non-hydrogen) atoms. The summed E-state index contributed by atoms with van der Waals surface area (Å²) in [5.74, 6) is 3.79. The molecule has 2 heterocycles. The van der Waals surface area contributed by atoms with Crippen LogP contribution in [-0.2, 0) is 13.0 Å². The fourth-order valence-electron chi connectivity index (χ4n) is 2.38. The molecule has 0 aliphatic carbocycles. The van der Waals surface area contributed by atoms with Gasteiger partial charge in [-0.05, 0) is 37.8 Å². The maximum absolute atomic E-state index is 4.54. The average molecular weight is 253 g/mol. The molecule has 3 nitrogen and oxygen atoms in total. The highest BCUT2D eigenvalue weighted by Gasteiger charge is 2.18. The van der Waals surface area contributed by atoms with Crippen molar-refractivity contribution in [2.75, 3.05) is 18.1 Å². The molecule has 2 rings (SSSR count). The predicted molar refractivity (Wildman–Crippen MR) is 74.7 cm³/mol. The molecular weight excluding hydrogens is 230 g/mol. The van der Waals surface area contributed by atoms with E-state index in [1.54, 1.807) is 0 Å². The lowest BCUT2D eigenvalue weighted by molar-refractivity contribution is 0.381. The number of thioether (sulfide) groups is 1. The molecule has 1 aliphatic heterocycles. The van der Waals surface area contributed by atoms with Crippen molar-refractivity contribution in [3.63, 3.8) is 0 Å². The van der Waals surface area contributed by atoms with Crippen molar-refractivity contribution < 1.29 is 0 Å². The Morgan fingerprint density at radius 3 is 3.29 bits per heavy atom. The summed E-state index contributed by atoms with van der Waals surface area (Å²) in [7, 11) is 0. The van der Waals surface area contributed by atoms with Gasteiger partial charge >= 0.3 is 0 Å². The normalized spacial score (nSPS) is 19.3. The van der Waals surface area contributed by atoms with Gasteiger partial charge in [0.05, 0.1) is 5.69 Å². The molecule has 1 N–H and O–H groups in total. The molecule has 1 aromatic rings. The van der Waals surface area contributed by atoms with Crippen molar-refractivity contribution in [2.45, 2.75) is 45.7 Å². The molecule has 96 valence electrons. The first-order chi connectivity index (χ1) is 8.29. The van der Waals surface area contributed by atoms with Crippen LogP contribution in [0.3, 0.4) is 0 Å². The fourth-order valence-corrected chi connectivity index (χ4v) is 3.01. The maximum Gasteiger partial charge on any atom is 0.109 e. The first-order valence-electron chi connectivity index (χ1n) is 6.63. The van der Waals surface area contributed by atoms with Crippen LogP contribution >= 0.6 is 11.8 Å². The van der Waals surface area contributed by atoms with Gasteiger partial charge in [-0.2, -0.15) is 11.8 Å². The lowest BCUT2D eigenvalue weighted by atomic mass is 10.1. The van der Waals surface area contributed by atoms with Crippen molar-refractivity contribution in [1.29, 1.82) is 0 Å². The number of imidazole rings is 1. The van der Waals surface area contributed by atoms with Crippen molar-refractivity contribution in [3.8, 4) is 0 Å². The summed E-state index contributed by atoms with van der Waals surface area (Å²) < 4.78 is 2.32. The molecular formula is C13H23N3S. The second kappa shape index (κ2) is 6.45. The van der Waals surface area contributed by atoms with Gasteiger partial charge in [-0.15, -0.1) is 0 Å². The molecule has 0 fully saturated rings. The van der Waals surface area contributed by atoms with Gasteiger partial charge in [0.2, 0.25) is 0 Å². The third-order valence-electron chi connectivity index (χ3n) is 3.22. The molecule has 1 aliphatic rings. The van der Waals surface area contributed by atoms with Crippen molar-refractivity contribution in [2.24, 2.45) is 0 Å². The molecule has 0 spiro atoms. The topological polar surface area (TPSA) is 29.9 Å². The molecule has 1 aromatic heterocycles. The summed E-state index contributed by atoms with van der Waals surface area (Å²) in [6.45, 7) is 6.55. The van der Waals surface area contributed by atoms with E-state index in [2.05, 4.69) is 34.9 Å². The SMILES string of the molecule is CCSCCCNC1CCc2nc(C)cn2C1. The number of nitrogens with zero attached hydrogens (tertiary/aromatic N) is 2. The van der Waals surface area contributed by atoms with E-state index in [9.17, 15) is 0 Å². The van der Waals surface area contributed by atoms with Crippen molar-refractivity contribution in [1.82, 2.24) is 14.9 Å². The van der Waals surface area contributed by atoms with Gasteiger partial charge in [-0.3, -0.25) is 0 Å². The minimum atomic E-state index is 0.641. The zero-order valence-corrected chi connectivity index (χ0v) is 11.7. The summed E-state index contributed by atoms with van der Waals surface area (Å²) in [6.07, 6.45) is 5.81. The highest BCUT2D eigenvalue weighted by Crippen LogP contribution is 2.15. The first kappa shape index (κ1) is 13.0. The van der Waals surface area contributed by atoms with Gasteiger partial charge in [0.15, 0.2) is 0 Å². The average Bonchev–Trinajstić information content (AvgIpc) is 2.68. The van der Waals surface area contributed by atoms with Crippen LogP contribution in [0, 0.1) is 6.92 Å². The van der Waals surface area contributed by atoms with Crippen LogP contribution in [0.5, 0.6) is 0 Å². The largest absolute Gasteiger partial charge is 0.333 e. The van der Waals surface area contributed by atoms with Crippen molar-refractivity contribution in [3.05, 3.63) is 17.7 Å². The van der Waals surface area contributed by atoms with Crippen LogP contribution in [-0.4, -0.2) is 33.6 Å². The predicted octanol–water partition coefficient (Wildman–Crippen LogP) is 2.24. The first-order valence-corrected chi connectivity index (χ1v) is 7.79. The number of hydrogen-bond donors (Lipinski definition) is 1. The summed E-state index contributed by atoms with van der Waals surface area (Å²) in [4.78, 5) is 4.54. The standard InChI is InChI=1S/C13H23N3S/c1-3-17-8-4-7-14-12-5-6-13-15-11(2)9-16(13)10-12/h9,12,14H,3-8,10H2,1-2H3. The number of fused-ring (bicyclic) bond motifs is 1. The smallest absolute Gasteiger partial charge is 0.109 e. The highest BCUT2D eigenvalue weighted by atomic mass is 32.2. The molecule has 4 heteroatoms. The van der Waals surface area contributed by atoms with Gasteiger partial charge in [0.25, 0.3) is 0 Å². The highest BCUT2D eigenvalue weighted by molar-refractivity contribution is 7.99.